The number of carbonyl (C=O) groups excluding carboxylic acids is 1. The van der Waals surface area contributed by atoms with Crippen LogP contribution in [0.4, 0.5) is 32.3 Å². The third kappa shape index (κ3) is 4.87. The van der Waals surface area contributed by atoms with Gasteiger partial charge in [0.15, 0.2) is 0 Å². The van der Waals surface area contributed by atoms with E-state index in [0.29, 0.717) is 18.8 Å². The molecule has 1 fully saturated rings. The lowest BCUT2D eigenvalue weighted by molar-refractivity contribution is -0.387. The number of fused-ring (bicyclic) bond motifs is 1. The number of nitrogens with two attached hydrogens (primary N) is 1. The van der Waals surface area contributed by atoms with Gasteiger partial charge in [0, 0.05) is 37.8 Å². The van der Waals surface area contributed by atoms with Crippen LogP contribution in [-0.4, -0.2) is 47.1 Å². The van der Waals surface area contributed by atoms with Crippen LogP contribution < -0.4 is 20.9 Å². The number of primary amides is 1. The quantitative estimate of drug-likeness (QED) is 0.484. The third-order valence-corrected chi connectivity index (χ3v) is 6.62. The molecule has 1 aromatic carbocycles. The van der Waals surface area contributed by atoms with E-state index in [-0.39, 0.29) is 17.8 Å². The van der Waals surface area contributed by atoms with Gasteiger partial charge in [0.2, 0.25) is 11.8 Å². The number of nitro groups is 1. The van der Waals surface area contributed by atoms with Crippen LogP contribution in [0.15, 0.2) is 18.2 Å². The minimum atomic E-state index is -0.951. The van der Waals surface area contributed by atoms with E-state index in [0.717, 1.165) is 62.2 Å². The van der Waals surface area contributed by atoms with E-state index < -0.39 is 22.5 Å². The molecule has 1 heterocycles. The normalized spacial score (nSPS) is 19.7. The predicted octanol–water partition coefficient (Wildman–Crippen LogP) is 3.78. The summed E-state index contributed by atoms with van der Waals surface area (Å²) >= 11 is 0. The largest absolute Gasteiger partial charge is 0.362 e. The summed E-state index contributed by atoms with van der Waals surface area (Å²) in [6.45, 7) is 0. The summed E-state index contributed by atoms with van der Waals surface area (Å²) in [6.07, 6.45) is 7.00. The molecule has 2 aliphatic carbocycles. The Bertz CT molecular complexity index is 1090. The molecule has 182 valence electrons. The number of urea groups is 1. The van der Waals surface area contributed by atoms with Crippen LogP contribution in [0.1, 0.15) is 49.8 Å². The standard InChI is InChI=1S/C23H30FN7O3/c1-29(2)21-17-5-3-4-6-19(17)27-23(28-21)26-14-7-9-15(10-8-14)30(22(25)32)16-11-12-18(24)20(13-16)31(33)34/h11-15H,3-10H2,1-2H3,(H2,25,32)(H,26,27,28). The molecule has 0 unspecified atom stereocenters. The summed E-state index contributed by atoms with van der Waals surface area (Å²) in [7, 11) is 3.98. The summed E-state index contributed by atoms with van der Waals surface area (Å²) in [5.74, 6) is 0.626. The fourth-order valence-corrected chi connectivity index (χ4v) is 4.98. The molecule has 2 amide bonds. The van der Waals surface area contributed by atoms with Gasteiger partial charge in [-0.15, -0.1) is 0 Å². The maximum atomic E-state index is 13.8. The van der Waals surface area contributed by atoms with Crippen LogP contribution in [0.25, 0.3) is 0 Å². The Hall–Kier alpha value is -3.50. The number of hydrogen-bond donors (Lipinski definition) is 2. The molecule has 0 aliphatic heterocycles. The molecule has 10 nitrogen and oxygen atoms in total. The molecule has 0 radical (unpaired) electrons. The molecule has 1 saturated carbocycles. The second-order valence-corrected chi connectivity index (χ2v) is 9.15. The topological polar surface area (TPSA) is 131 Å². The van der Waals surface area contributed by atoms with Crippen molar-refractivity contribution < 1.29 is 14.1 Å². The van der Waals surface area contributed by atoms with Crippen molar-refractivity contribution in [1.29, 1.82) is 0 Å². The SMILES string of the molecule is CN(C)c1nc(NC2CCC(N(C(N)=O)c3ccc(F)c([N+](=O)[O-])c3)CC2)nc2c1CCCC2. The molecule has 34 heavy (non-hydrogen) atoms. The molecule has 1 aromatic heterocycles. The van der Waals surface area contributed by atoms with Gasteiger partial charge in [-0.3, -0.25) is 15.0 Å². The van der Waals surface area contributed by atoms with Gasteiger partial charge in [0.1, 0.15) is 5.82 Å². The van der Waals surface area contributed by atoms with E-state index in [1.54, 1.807) is 0 Å². The summed E-state index contributed by atoms with van der Waals surface area (Å²) in [4.78, 5) is 35.4. The molecule has 3 N–H and O–H groups in total. The number of nitrogens with one attached hydrogen (secondary N) is 1. The molecule has 0 atom stereocenters. The number of anilines is 3. The van der Waals surface area contributed by atoms with Gasteiger partial charge in [0.25, 0.3) is 0 Å². The van der Waals surface area contributed by atoms with Crippen LogP contribution >= 0.6 is 0 Å². The number of benzene rings is 1. The highest BCUT2D eigenvalue weighted by molar-refractivity contribution is 5.91. The number of amides is 2. The average Bonchev–Trinajstić information content (AvgIpc) is 2.80. The average molecular weight is 472 g/mol. The highest BCUT2D eigenvalue weighted by Gasteiger charge is 2.31. The van der Waals surface area contributed by atoms with Crippen molar-refractivity contribution in [2.45, 2.75) is 63.5 Å². The molecule has 0 saturated heterocycles. The van der Waals surface area contributed by atoms with Gasteiger partial charge in [0.05, 0.1) is 16.3 Å². The van der Waals surface area contributed by atoms with E-state index in [9.17, 15) is 19.3 Å². The van der Waals surface area contributed by atoms with E-state index in [2.05, 4.69) is 5.32 Å². The first-order valence-corrected chi connectivity index (χ1v) is 11.6. The van der Waals surface area contributed by atoms with Gasteiger partial charge in [-0.05, 0) is 63.5 Å². The highest BCUT2D eigenvalue weighted by Crippen LogP contribution is 2.33. The van der Waals surface area contributed by atoms with Crippen molar-refractivity contribution in [3.05, 3.63) is 45.4 Å². The zero-order valence-corrected chi connectivity index (χ0v) is 19.5. The van der Waals surface area contributed by atoms with Crippen LogP contribution in [0, 0.1) is 15.9 Å². The maximum absolute atomic E-state index is 13.8. The number of nitrogens with zero attached hydrogens (tertiary/aromatic N) is 5. The van der Waals surface area contributed by atoms with Crippen LogP contribution in [-0.2, 0) is 12.8 Å². The first kappa shape index (κ1) is 23.7. The Kier molecular flexibility index (Phi) is 6.80. The van der Waals surface area contributed by atoms with Crippen molar-refractivity contribution in [3.63, 3.8) is 0 Å². The van der Waals surface area contributed by atoms with Gasteiger partial charge >= 0.3 is 11.7 Å². The molecule has 2 aromatic rings. The molecule has 0 spiro atoms. The zero-order chi connectivity index (χ0) is 24.4. The summed E-state index contributed by atoms with van der Waals surface area (Å²) in [5, 5.41) is 14.6. The van der Waals surface area contributed by atoms with Gasteiger partial charge in [-0.2, -0.15) is 9.37 Å². The third-order valence-electron chi connectivity index (χ3n) is 6.62. The van der Waals surface area contributed by atoms with E-state index in [4.69, 9.17) is 15.7 Å². The van der Waals surface area contributed by atoms with Crippen molar-refractivity contribution >= 4 is 29.2 Å². The number of carbonyl (C=O) groups is 1. The monoisotopic (exact) mass is 471 g/mol. The fraction of sp³-hybridized carbons (Fsp3) is 0.522. The lowest BCUT2D eigenvalue weighted by Crippen LogP contribution is -2.47. The van der Waals surface area contributed by atoms with Crippen molar-refractivity contribution in [2.75, 3.05) is 29.2 Å². The number of aromatic nitrogens is 2. The number of nitro benzene ring substituents is 1. The van der Waals surface area contributed by atoms with E-state index in [1.165, 1.54) is 16.5 Å². The van der Waals surface area contributed by atoms with Crippen molar-refractivity contribution in [1.82, 2.24) is 9.97 Å². The fourth-order valence-electron chi connectivity index (χ4n) is 4.98. The Morgan fingerprint density at radius 2 is 1.88 bits per heavy atom. The lowest BCUT2D eigenvalue weighted by Gasteiger charge is -2.36. The van der Waals surface area contributed by atoms with Crippen molar-refractivity contribution in [2.24, 2.45) is 5.73 Å². The molecule has 0 bridgehead atoms. The number of hydrogen-bond acceptors (Lipinski definition) is 7. The summed E-state index contributed by atoms with van der Waals surface area (Å²) in [6, 6.07) is 2.58. The zero-order valence-electron chi connectivity index (χ0n) is 19.5. The molecule has 11 heteroatoms. The second kappa shape index (κ2) is 9.78. The molecular formula is C23H30FN7O3. The molecule has 2 aliphatic rings. The Morgan fingerprint density at radius 3 is 2.53 bits per heavy atom. The van der Waals surface area contributed by atoms with Gasteiger partial charge in [-0.25, -0.2) is 9.78 Å². The van der Waals surface area contributed by atoms with Crippen molar-refractivity contribution in [3.8, 4) is 0 Å². The van der Waals surface area contributed by atoms with E-state index >= 15 is 0 Å². The van der Waals surface area contributed by atoms with Crippen LogP contribution in [0.5, 0.6) is 0 Å². The first-order chi connectivity index (χ1) is 16.2. The Morgan fingerprint density at radius 1 is 1.18 bits per heavy atom. The summed E-state index contributed by atoms with van der Waals surface area (Å²) < 4.78 is 13.8. The Balaban J connectivity index is 1.46. The van der Waals surface area contributed by atoms with E-state index in [1.807, 2.05) is 19.0 Å². The highest BCUT2D eigenvalue weighted by atomic mass is 19.1. The summed E-state index contributed by atoms with van der Waals surface area (Å²) in [5.41, 5.74) is 7.50. The lowest BCUT2D eigenvalue weighted by atomic mass is 9.90. The van der Waals surface area contributed by atoms with Crippen LogP contribution in [0.2, 0.25) is 0 Å². The maximum Gasteiger partial charge on any atom is 0.319 e. The number of aryl methyl sites for hydroxylation is 1. The van der Waals surface area contributed by atoms with Gasteiger partial charge < -0.3 is 16.0 Å². The van der Waals surface area contributed by atoms with Crippen LogP contribution in [0.3, 0.4) is 0 Å². The minimum Gasteiger partial charge on any atom is -0.362 e. The number of rotatable bonds is 6. The predicted molar refractivity (Wildman–Crippen MR) is 128 cm³/mol. The molecule has 4 rings (SSSR count). The minimum absolute atomic E-state index is 0.130. The van der Waals surface area contributed by atoms with Gasteiger partial charge in [-0.1, -0.05) is 0 Å². The first-order valence-electron chi connectivity index (χ1n) is 11.6. The second-order valence-electron chi connectivity index (χ2n) is 9.15. The molecular weight excluding hydrogens is 441 g/mol. The smallest absolute Gasteiger partial charge is 0.319 e. The Labute approximate surface area is 197 Å². The number of halogens is 1.